The van der Waals surface area contributed by atoms with Gasteiger partial charge in [0, 0.05) is 5.46 Å². The smallest absolute Gasteiger partial charge is 0.489 e. The van der Waals surface area contributed by atoms with Crippen LogP contribution in [0.3, 0.4) is 0 Å². The van der Waals surface area contributed by atoms with Crippen molar-refractivity contribution in [1.29, 1.82) is 0 Å². The zero-order valence-corrected chi connectivity index (χ0v) is 10.9. The Balaban J connectivity index is 2.15. The molecule has 4 heteroatoms. The van der Waals surface area contributed by atoms with Gasteiger partial charge in [-0.15, -0.1) is 0 Å². The standard InChI is InChI=1S/C15H17BO3/c1-2-12-8-9-15(14(10-12)16(17)18)19-11-13-6-4-3-5-7-13/h3-10,17-18H,2,11H2,1H3. The molecule has 0 unspecified atom stereocenters. The Morgan fingerprint density at radius 1 is 1.00 bits per heavy atom. The van der Waals surface area contributed by atoms with Crippen molar-refractivity contribution in [1.82, 2.24) is 0 Å². The first-order chi connectivity index (χ1) is 9.20. The van der Waals surface area contributed by atoms with Crippen LogP contribution in [-0.2, 0) is 13.0 Å². The monoisotopic (exact) mass is 256 g/mol. The zero-order chi connectivity index (χ0) is 13.7. The molecule has 19 heavy (non-hydrogen) atoms. The molecule has 3 nitrogen and oxygen atoms in total. The zero-order valence-electron chi connectivity index (χ0n) is 10.9. The first kappa shape index (κ1) is 13.7. The van der Waals surface area contributed by atoms with Gasteiger partial charge in [-0.05, 0) is 23.6 Å². The number of hydrogen-bond donors (Lipinski definition) is 2. The number of rotatable bonds is 5. The van der Waals surface area contributed by atoms with Crippen molar-refractivity contribution in [3.05, 3.63) is 59.7 Å². The summed E-state index contributed by atoms with van der Waals surface area (Å²) in [4.78, 5) is 0. The Morgan fingerprint density at radius 3 is 2.37 bits per heavy atom. The lowest BCUT2D eigenvalue weighted by molar-refractivity contribution is 0.306. The van der Waals surface area contributed by atoms with Crippen molar-refractivity contribution in [2.24, 2.45) is 0 Å². The summed E-state index contributed by atoms with van der Waals surface area (Å²) in [5, 5.41) is 18.8. The van der Waals surface area contributed by atoms with Crippen LogP contribution in [0.15, 0.2) is 48.5 Å². The van der Waals surface area contributed by atoms with E-state index >= 15 is 0 Å². The van der Waals surface area contributed by atoms with Gasteiger partial charge in [0.05, 0.1) is 0 Å². The molecule has 0 atom stereocenters. The van der Waals surface area contributed by atoms with Crippen molar-refractivity contribution in [2.75, 3.05) is 0 Å². The maximum absolute atomic E-state index is 9.40. The summed E-state index contributed by atoms with van der Waals surface area (Å²) >= 11 is 0. The van der Waals surface area contributed by atoms with Crippen molar-refractivity contribution < 1.29 is 14.8 Å². The van der Waals surface area contributed by atoms with Crippen LogP contribution >= 0.6 is 0 Å². The van der Waals surface area contributed by atoms with Crippen LogP contribution in [0.2, 0.25) is 0 Å². The lowest BCUT2D eigenvalue weighted by Crippen LogP contribution is -2.31. The van der Waals surface area contributed by atoms with Crippen LogP contribution in [0.5, 0.6) is 5.75 Å². The van der Waals surface area contributed by atoms with Crippen molar-refractivity contribution in [3.63, 3.8) is 0 Å². The number of benzene rings is 2. The molecule has 0 spiro atoms. The van der Waals surface area contributed by atoms with Gasteiger partial charge in [0.25, 0.3) is 0 Å². The summed E-state index contributed by atoms with van der Waals surface area (Å²) in [6.07, 6.45) is 0.846. The van der Waals surface area contributed by atoms with E-state index in [2.05, 4.69) is 0 Å². The molecular formula is C15H17BO3. The van der Waals surface area contributed by atoms with E-state index in [-0.39, 0.29) is 0 Å². The summed E-state index contributed by atoms with van der Waals surface area (Å²) in [7, 11) is -1.52. The minimum Gasteiger partial charge on any atom is -0.489 e. The normalized spacial score (nSPS) is 10.3. The van der Waals surface area contributed by atoms with Crippen LogP contribution in [-0.4, -0.2) is 17.2 Å². The minimum atomic E-state index is -1.52. The first-order valence-electron chi connectivity index (χ1n) is 6.36. The van der Waals surface area contributed by atoms with Gasteiger partial charge >= 0.3 is 7.12 Å². The predicted octanol–water partition coefficient (Wildman–Crippen LogP) is 1.51. The molecule has 0 amide bonds. The van der Waals surface area contributed by atoms with Gasteiger partial charge in [-0.1, -0.05) is 49.4 Å². The van der Waals surface area contributed by atoms with E-state index in [0.717, 1.165) is 17.5 Å². The van der Waals surface area contributed by atoms with E-state index in [1.807, 2.05) is 43.3 Å². The fraction of sp³-hybridized carbons (Fsp3) is 0.200. The predicted molar refractivity (Wildman–Crippen MR) is 76.4 cm³/mol. The lowest BCUT2D eigenvalue weighted by Gasteiger charge is -2.12. The Morgan fingerprint density at radius 2 is 1.74 bits per heavy atom. The van der Waals surface area contributed by atoms with E-state index in [1.165, 1.54) is 0 Å². The SMILES string of the molecule is CCc1ccc(OCc2ccccc2)c(B(O)O)c1. The van der Waals surface area contributed by atoms with Crippen molar-refractivity contribution >= 4 is 12.6 Å². The maximum atomic E-state index is 9.40. The lowest BCUT2D eigenvalue weighted by atomic mass is 9.78. The molecule has 0 aliphatic carbocycles. The minimum absolute atomic E-state index is 0.409. The van der Waals surface area contributed by atoms with E-state index in [4.69, 9.17) is 4.74 Å². The molecule has 0 aliphatic rings. The summed E-state index contributed by atoms with van der Waals surface area (Å²) < 4.78 is 5.66. The number of hydrogen-bond acceptors (Lipinski definition) is 3. The molecule has 2 N–H and O–H groups in total. The highest BCUT2D eigenvalue weighted by atomic mass is 16.5. The Hall–Kier alpha value is -1.78. The van der Waals surface area contributed by atoms with Gasteiger partial charge in [-0.3, -0.25) is 0 Å². The average molecular weight is 256 g/mol. The molecule has 2 rings (SSSR count). The summed E-state index contributed by atoms with van der Waals surface area (Å²) in [6, 6.07) is 15.3. The van der Waals surface area contributed by atoms with Crippen molar-refractivity contribution in [3.8, 4) is 5.75 Å². The molecule has 2 aromatic carbocycles. The second-order valence-corrected chi connectivity index (χ2v) is 4.37. The first-order valence-corrected chi connectivity index (χ1v) is 6.36. The van der Waals surface area contributed by atoms with E-state index in [1.54, 1.807) is 12.1 Å². The van der Waals surface area contributed by atoms with E-state index in [0.29, 0.717) is 17.8 Å². The van der Waals surface area contributed by atoms with E-state index in [9.17, 15) is 10.0 Å². The molecule has 0 aliphatic heterocycles. The number of ether oxygens (including phenoxy) is 1. The summed E-state index contributed by atoms with van der Waals surface area (Å²) in [5.74, 6) is 0.510. The highest BCUT2D eigenvalue weighted by Gasteiger charge is 2.17. The van der Waals surface area contributed by atoms with Crippen LogP contribution < -0.4 is 10.2 Å². The Kier molecular flexibility index (Phi) is 4.60. The van der Waals surface area contributed by atoms with Gasteiger partial charge in [0.1, 0.15) is 12.4 Å². The fourth-order valence-corrected chi connectivity index (χ4v) is 1.89. The van der Waals surface area contributed by atoms with Gasteiger partial charge < -0.3 is 14.8 Å². The van der Waals surface area contributed by atoms with Gasteiger partial charge in [-0.2, -0.15) is 0 Å². The topological polar surface area (TPSA) is 49.7 Å². The van der Waals surface area contributed by atoms with Gasteiger partial charge in [0.2, 0.25) is 0 Å². The van der Waals surface area contributed by atoms with Gasteiger partial charge in [0.15, 0.2) is 0 Å². The quantitative estimate of drug-likeness (QED) is 0.797. The summed E-state index contributed by atoms with van der Waals surface area (Å²) in [5.41, 5.74) is 2.51. The molecule has 98 valence electrons. The average Bonchev–Trinajstić information content (AvgIpc) is 2.46. The Bertz CT molecular complexity index is 526. The second-order valence-electron chi connectivity index (χ2n) is 4.37. The Labute approximate surface area is 113 Å². The molecule has 0 radical (unpaired) electrons. The third-order valence-corrected chi connectivity index (χ3v) is 3.00. The molecule has 0 saturated carbocycles. The molecule has 0 fully saturated rings. The van der Waals surface area contributed by atoms with Crippen LogP contribution in [0.4, 0.5) is 0 Å². The third-order valence-electron chi connectivity index (χ3n) is 3.00. The largest absolute Gasteiger partial charge is 0.492 e. The molecule has 0 aromatic heterocycles. The highest BCUT2D eigenvalue weighted by Crippen LogP contribution is 2.13. The molecule has 2 aromatic rings. The number of aryl methyl sites for hydroxylation is 1. The molecule has 0 bridgehead atoms. The van der Waals surface area contributed by atoms with E-state index < -0.39 is 7.12 Å². The maximum Gasteiger partial charge on any atom is 0.492 e. The second kappa shape index (κ2) is 6.41. The fourth-order valence-electron chi connectivity index (χ4n) is 1.89. The van der Waals surface area contributed by atoms with Crippen LogP contribution in [0.1, 0.15) is 18.1 Å². The molecule has 0 heterocycles. The molecular weight excluding hydrogens is 239 g/mol. The van der Waals surface area contributed by atoms with Gasteiger partial charge in [-0.25, -0.2) is 0 Å². The third kappa shape index (κ3) is 3.59. The highest BCUT2D eigenvalue weighted by molar-refractivity contribution is 6.59. The van der Waals surface area contributed by atoms with Crippen LogP contribution in [0, 0.1) is 0 Å². The summed E-state index contributed by atoms with van der Waals surface area (Å²) in [6.45, 7) is 2.43. The molecule has 0 saturated heterocycles. The van der Waals surface area contributed by atoms with Crippen LogP contribution in [0.25, 0.3) is 0 Å². The van der Waals surface area contributed by atoms with Crippen molar-refractivity contribution in [2.45, 2.75) is 20.0 Å².